The summed E-state index contributed by atoms with van der Waals surface area (Å²) >= 11 is 10.1. The van der Waals surface area contributed by atoms with Gasteiger partial charge in [-0.3, -0.25) is 14.9 Å². The fourth-order valence-corrected chi connectivity index (χ4v) is 4.90. The number of nitrogens with one attached hydrogen (secondary N) is 1. The van der Waals surface area contributed by atoms with Crippen molar-refractivity contribution < 1.29 is 18.9 Å². The van der Waals surface area contributed by atoms with E-state index in [1.807, 2.05) is 0 Å². The number of para-hydroxylation sites is 1. The molecule has 0 bridgehead atoms. The fourth-order valence-electron chi connectivity index (χ4n) is 2.41. The highest BCUT2D eigenvalue weighted by atomic mass is 79.9. The van der Waals surface area contributed by atoms with Crippen LogP contribution in [0.25, 0.3) is 11.3 Å². The van der Waals surface area contributed by atoms with E-state index >= 15 is 0 Å². The monoisotopic (exact) mass is 599 g/mol. The lowest BCUT2D eigenvalue weighted by Crippen LogP contribution is -2.24. The van der Waals surface area contributed by atoms with Crippen LogP contribution in [0.15, 0.2) is 71.5 Å². The summed E-state index contributed by atoms with van der Waals surface area (Å²) in [6.07, 6.45) is 1.29. The Hall–Kier alpha value is -2.50. The number of ether oxygens (including phenoxy) is 1. The molecule has 3 rings (SSSR count). The second-order valence-corrected chi connectivity index (χ2v) is 8.38. The van der Waals surface area contributed by atoms with Crippen LogP contribution in [0.5, 0.6) is 5.75 Å². The number of nitro groups is 1. The van der Waals surface area contributed by atoms with Crippen LogP contribution in [0.4, 0.5) is 5.69 Å². The molecule has 30 heavy (non-hydrogen) atoms. The molecule has 1 aromatic heterocycles. The van der Waals surface area contributed by atoms with Crippen molar-refractivity contribution in [2.24, 2.45) is 5.10 Å². The van der Waals surface area contributed by atoms with Crippen molar-refractivity contribution in [2.45, 2.75) is 0 Å². The molecule has 0 saturated carbocycles. The standard InChI is InChI=1S/C19H12Br3N3O5/c20-11-7-14(21)19(15(22)8-11)29-10-18(26)24-23-9-12-5-6-17(30-12)13-3-1-2-4-16(13)25(27)28/h1-9H,10H2,(H,24,26). The van der Waals surface area contributed by atoms with Crippen LogP contribution in [0.3, 0.4) is 0 Å². The third kappa shape index (κ3) is 5.55. The summed E-state index contributed by atoms with van der Waals surface area (Å²) < 4.78 is 13.3. The highest BCUT2D eigenvalue weighted by Gasteiger charge is 2.17. The maximum atomic E-state index is 11.9. The first kappa shape index (κ1) is 22.2. The van der Waals surface area contributed by atoms with E-state index in [4.69, 9.17) is 9.15 Å². The number of nitro benzene ring substituents is 1. The van der Waals surface area contributed by atoms with Gasteiger partial charge >= 0.3 is 0 Å². The van der Waals surface area contributed by atoms with Gasteiger partial charge in [0, 0.05) is 10.5 Å². The predicted molar refractivity (Wildman–Crippen MR) is 122 cm³/mol. The van der Waals surface area contributed by atoms with Crippen molar-refractivity contribution in [1.82, 2.24) is 5.43 Å². The molecule has 0 aliphatic rings. The molecule has 0 saturated heterocycles. The smallest absolute Gasteiger partial charge is 0.280 e. The topological polar surface area (TPSA) is 107 Å². The highest BCUT2D eigenvalue weighted by molar-refractivity contribution is 9.11. The summed E-state index contributed by atoms with van der Waals surface area (Å²) in [5.74, 6) is 0.655. The molecule has 11 heteroatoms. The van der Waals surface area contributed by atoms with E-state index in [2.05, 4.69) is 58.3 Å². The molecule has 1 N–H and O–H groups in total. The Balaban J connectivity index is 1.59. The molecule has 154 valence electrons. The van der Waals surface area contributed by atoms with Gasteiger partial charge in [0.05, 0.1) is 25.6 Å². The number of benzene rings is 2. The zero-order valence-electron chi connectivity index (χ0n) is 15.0. The number of carbonyl (C=O) groups is 1. The SMILES string of the molecule is O=C(COc1c(Br)cc(Br)cc1Br)NN=Cc1ccc(-c2ccccc2[N+](=O)[O-])o1. The zero-order valence-corrected chi connectivity index (χ0v) is 19.7. The van der Waals surface area contributed by atoms with Gasteiger partial charge in [0.1, 0.15) is 17.3 Å². The minimum absolute atomic E-state index is 0.0638. The van der Waals surface area contributed by atoms with Crippen LogP contribution >= 0.6 is 47.8 Å². The number of halogens is 3. The Morgan fingerprint density at radius 1 is 1.17 bits per heavy atom. The highest BCUT2D eigenvalue weighted by Crippen LogP contribution is 2.36. The minimum Gasteiger partial charge on any atom is -0.481 e. The number of amides is 1. The summed E-state index contributed by atoms with van der Waals surface area (Å²) in [7, 11) is 0. The molecule has 1 heterocycles. The van der Waals surface area contributed by atoms with Gasteiger partial charge in [-0.15, -0.1) is 0 Å². The summed E-state index contributed by atoms with van der Waals surface area (Å²) in [5.41, 5.74) is 2.62. The molecule has 3 aromatic rings. The number of furan rings is 1. The Morgan fingerprint density at radius 3 is 2.57 bits per heavy atom. The van der Waals surface area contributed by atoms with E-state index in [9.17, 15) is 14.9 Å². The molecule has 8 nitrogen and oxygen atoms in total. The third-order valence-corrected chi connectivity index (χ3v) is 5.32. The Morgan fingerprint density at radius 2 is 1.87 bits per heavy atom. The van der Waals surface area contributed by atoms with Gasteiger partial charge in [0.2, 0.25) is 0 Å². The number of rotatable bonds is 7. The average molecular weight is 602 g/mol. The Bertz CT molecular complexity index is 1110. The zero-order chi connectivity index (χ0) is 21.7. The summed E-state index contributed by atoms with van der Waals surface area (Å²) in [5, 5.41) is 15.0. The lowest BCUT2D eigenvalue weighted by molar-refractivity contribution is -0.384. The first-order valence-electron chi connectivity index (χ1n) is 8.28. The van der Waals surface area contributed by atoms with E-state index in [1.165, 1.54) is 12.3 Å². The molecule has 0 unspecified atom stereocenters. The summed E-state index contributed by atoms with van der Waals surface area (Å²) in [4.78, 5) is 22.6. The largest absolute Gasteiger partial charge is 0.481 e. The number of hydrazone groups is 1. The van der Waals surface area contributed by atoms with Crippen LogP contribution in [0.2, 0.25) is 0 Å². The van der Waals surface area contributed by atoms with E-state index in [1.54, 1.807) is 42.5 Å². The Kier molecular flexibility index (Phi) is 7.40. The van der Waals surface area contributed by atoms with Gasteiger partial charge in [-0.25, -0.2) is 5.43 Å². The van der Waals surface area contributed by atoms with Gasteiger partial charge < -0.3 is 9.15 Å². The molecular weight excluding hydrogens is 590 g/mol. The molecule has 0 aliphatic carbocycles. The van der Waals surface area contributed by atoms with Gasteiger partial charge in [-0.2, -0.15) is 5.10 Å². The first-order chi connectivity index (χ1) is 14.3. The maximum absolute atomic E-state index is 11.9. The number of nitrogens with zero attached hydrogens (tertiary/aromatic N) is 2. The van der Waals surface area contributed by atoms with E-state index in [-0.39, 0.29) is 12.3 Å². The lowest BCUT2D eigenvalue weighted by Gasteiger charge is -2.09. The van der Waals surface area contributed by atoms with E-state index in [0.717, 1.165) is 4.47 Å². The maximum Gasteiger partial charge on any atom is 0.280 e. The fraction of sp³-hybridized carbons (Fsp3) is 0.0526. The van der Waals surface area contributed by atoms with Crippen molar-refractivity contribution in [3.63, 3.8) is 0 Å². The molecule has 0 atom stereocenters. The second-order valence-electron chi connectivity index (χ2n) is 5.76. The molecule has 2 aromatic carbocycles. The quantitative estimate of drug-likeness (QED) is 0.213. The predicted octanol–water partition coefficient (Wildman–Crippen LogP) is 5.67. The van der Waals surface area contributed by atoms with Crippen molar-refractivity contribution >= 4 is 65.6 Å². The third-order valence-electron chi connectivity index (χ3n) is 3.68. The molecule has 0 aliphatic heterocycles. The van der Waals surface area contributed by atoms with Crippen molar-refractivity contribution in [3.05, 3.63) is 77.8 Å². The van der Waals surface area contributed by atoms with Gasteiger partial charge in [0.25, 0.3) is 11.6 Å². The van der Waals surface area contributed by atoms with E-state index in [0.29, 0.717) is 31.8 Å². The van der Waals surface area contributed by atoms with Gasteiger partial charge in [-0.1, -0.05) is 28.1 Å². The molecule has 1 amide bonds. The summed E-state index contributed by atoms with van der Waals surface area (Å²) in [6, 6.07) is 13.0. The van der Waals surface area contributed by atoms with Crippen molar-refractivity contribution in [2.75, 3.05) is 6.61 Å². The number of carbonyl (C=O) groups excluding carboxylic acids is 1. The van der Waals surface area contributed by atoms with Crippen molar-refractivity contribution in [1.29, 1.82) is 0 Å². The summed E-state index contributed by atoms with van der Waals surface area (Å²) in [6.45, 7) is -0.254. The van der Waals surface area contributed by atoms with Crippen LogP contribution in [0.1, 0.15) is 5.76 Å². The number of hydrogen-bond donors (Lipinski definition) is 1. The molecular formula is C19H12Br3N3O5. The van der Waals surface area contributed by atoms with Crippen LogP contribution in [-0.2, 0) is 4.79 Å². The van der Waals surface area contributed by atoms with Gasteiger partial charge in [-0.05, 0) is 62.2 Å². The Labute approximate surface area is 195 Å². The molecule has 0 spiro atoms. The minimum atomic E-state index is -0.478. The second kappa shape index (κ2) is 10.0. The first-order valence-corrected chi connectivity index (χ1v) is 10.7. The average Bonchev–Trinajstić information content (AvgIpc) is 3.16. The number of hydrogen-bond acceptors (Lipinski definition) is 6. The van der Waals surface area contributed by atoms with Crippen LogP contribution in [-0.4, -0.2) is 23.7 Å². The molecule has 0 radical (unpaired) electrons. The normalized spacial score (nSPS) is 10.9. The van der Waals surface area contributed by atoms with Crippen LogP contribution in [0, 0.1) is 10.1 Å². The van der Waals surface area contributed by atoms with Crippen LogP contribution < -0.4 is 10.2 Å². The molecule has 0 fully saturated rings. The van der Waals surface area contributed by atoms with Crippen molar-refractivity contribution in [3.8, 4) is 17.1 Å². The van der Waals surface area contributed by atoms with Gasteiger partial charge in [0.15, 0.2) is 6.61 Å². The lowest BCUT2D eigenvalue weighted by atomic mass is 10.1. The van der Waals surface area contributed by atoms with E-state index < -0.39 is 10.8 Å².